The quantitative estimate of drug-likeness (QED) is 0.922. The van der Waals surface area contributed by atoms with E-state index in [-0.39, 0.29) is 6.42 Å². The van der Waals surface area contributed by atoms with Crippen LogP contribution in [0, 0.1) is 11.3 Å². The summed E-state index contributed by atoms with van der Waals surface area (Å²) in [4.78, 5) is 0. The summed E-state index contributed by atoms with van der Waals surface area (Å²) in [6.07, 6.45) is 0.0783. The molecule has 0 fully saturated rings. The third kappa shape index (κ3) is 2.98. The average Bonchev–Trinajstić information content (AvgIpc) is 2.47. The molecule has 0 aliphatic rings. The Kier molecular flexibility index (Phi) is 4.07. The number of hydrogen-bond donors (Lipinski definition) is 1. The molecular weight excluding hydrogens is 250 g/mol. The highest BCUT2D eigenvalue weighted by atomic mass is 16.5. The van der Waals surface area contributed by atoms with Crippen LogP contribution in [-0.2, 0) is 5.60 Å². The van der Waals surface area contributed by atoms with Crippen LogP contribution >= 0.6 is 0 Å². The van der Waals surface area contributed by atoms with E-state index in [2.05, 4.69) is 0 Å². The highest BCUT2D eigenvalue weighted by Crippen LogP contribution is 2.28. The van der Waals surface area contributed by atoms with Crippen LogP contribution in [0.3, 0.4) is 0 Å². The first-order chi connectivity index (χ1) is 9.56. The molecule has 0 saturated heterocycles. The molecule has 0 amide bonds. The molecular formula is C17H17NO2. The smallest absolute Gasteiger partial charge is 0.118 e. The van der Waals surface area contributed by atoms with Crippen molar-refractivity contribution in [2.24, 2.45) is 0 Å². The van der Waals surface area contributed by atoms with E-state index in [9.17, 15) is 5.11 Å². The number of nitriles is 1. The molecule has 0 aliphatic carbocycles. The van der Waals surface area contributed by atoms with Crippen LogP contribution in [0.25, 0.3) is 11.1 Å². The Morgan fingerprint density at radius 3 is 2.00 bits per heavy atom. The third-order valence-corrected chi connectivity index (χ3v) is 3.35. The van der Waals surface area contributed by atoms with Gasteiger partial charge in [0.2, 0.25) is 0 Å². The van der Waals surface area contributed by atoms with Gasteiger partial charge in [0.1, 0.15) is 5.75 Å². The molecule has 3 nitrogen and oxygen atoms in total. The maximum atomic E-state index is 10.2. The molecule has 0 aromatic heterocycles. The fraction of sp³-hybridized carbons (Fsp3) is 0.235. The van der Waals surface area contributed by atoms with Gasteiger partial charge in [-0.25, -0.2) is 0 Å². The van der Waals surface area contributed by atoms with Gasteiger partial charge in [0.05, 0.1) is 25.2 Å². The van der Waals surface area contributed by atoms with Crippen molar-refractivity contribution in [3.63, 3.8) is 0 Å². The zero-order chi connectivity index (χ0) is 14.6. The first-order valence-electron chi connectivity index (χ1n) is 6.41. The molecule has 0 radical (unpaired) electrons. The Balaban J connectivity index is 2.25. The average molecular weight is 267 g/mol. The molecule has 0 aliphatic heterocycles. The second-order valence-electron chi connectivity index (χ2n) is 4.91. The number of benzene rings is 2. The van der Waals surface area contributed by atoms with E-state index in [0.29, 0.717) is 0 Å². The lowest BCUT2D eigenvalue weighted by atomic mass is 9.91. The number of ether oxygens (including phenoxy) is 1. The molecule has 0 heterocycles. The van der Waals surface area contributed by atoms with Gasteiger partial charge in [0, 0.05) is 0 Å². The maximum Gasteiger partial charge on any atom is 0.118 e. The summed E-state index contributed by atoms with van der Waals surface area (Å²) in [5.41, 5.74) is 1.78. The van der Waals surface area contributed by atoms with Crippen molar-refractivity contribution in [2.75, 3.05) is 7.11 Å². The van der Waals surface area contributed by atoms with Crippen LogP contribution in [0.4, 0.5) is 0 Å². The van der Waals surface area contributed by atoms with E-state index in [0.717, 1.165) is 22.4 Å². The van der Waals surface area contributed by atoms with Crippen LogP contribution in [0.15, 0.2) is 48.5 Å². The van der Waals surface area contributed by atoms with Crippen LogP contribution < -0.4 is 4.74 Å². The standard InChI is InChI=1S/C17H17NO2/c1-17(19,11-12-18)15-7-3-13(4-8-15)14-5-9-16(20-2)10-6-14/h3-10,19H,11H2,1-2H3. The van der Waals surface area contributed by atoms with Crippen LogP contribution in [0.1, 0.15) is 18.9 Å². The predicted octanol–water partition coefficient (Wildman–Crippen LogP) is 3.48. The summed E-state index contributed by atoms with van der Waals surface area (Å²) in [6.45, 7) is 1.65. The molecule has 1 atom stereocenters. The van der Waals surface area contributed by atoms with Crippen molar-refractivity contribution >= 4 is 0 Å². The summed E-state index contributed by atoms with van der Waals surface area (Å²) >= 11 is 0. The summed E-state index contributed by atoms with van der Waals surface area (Å²) < 4.78 is 5.13. The van der Waals surface area contributed by atoms with Gasteiger partial charge in [-0.1, -0.05) is 36.4 Å². The fourth-order valence-corrected chi connectivity index (χ4v) is 2.06. The molecule has 0 spiro atoms. The van der Waals surface area contributed by atoms with Gasteiger partial charge in [-0.05, 0) is 35.7 Å². The highest BCUT2D eigenvalue weighted by molar-refractivity contribution is 5.64. The lowest BCUT2D eigenvalue weighted by Crippen LogP contribution is -2.19. The summed E-state index contributed by atoms with van der Waals surface area (Å²) in [7, 11) is 1.64. The third-order valence-electron chi connectivity index (χ3n) is 3.35. The van der Waals surface area contributed by atoms with Crippen molar-refractivity contribution in [3.05, 3.63) is 54.1 Å². The lowest BCUT2D eigenvalue weighted by molar-refractivity contribution is 0.0624. The van der Waals surface area contributed by atoms with Gasteiger partial charge < -0.3 is 9.84 Å². The van der Waals surface area contributed by atoms with Gasteiger partial charge in [-0.3, -0.25) is 0 Å². The highest BCUT2D eigenvalue weighted by Gasteiger charge is 2.22. The Labute approximate surface area is 119 Å². The van der Waals surface area contributed by atoms with E-state index in [4.69, 9.17) is 10.00 Å². The normalized spacial score (nSPS) is 13.3. The van der Waals surface area contributed by atoms with Gasteiger partial charge >= 0.3 is 0 Å². The number of aliphatic hydroxyl groups is 1. The number of rotatable bonds is 4. The van der Waals surface area contributed by atoms with Crippen molar-refractivity contribution in [2.45, 2.75) is 18.9 Å². The second kappa shape index (κ2) is 5.77. The van der Waals surface area contributed by atoms with Gasteiger partial charge in [-0.2, -0.15) is 5.26 Å². The van der Waals surface area contributed by atoms with Gasteiger partial charge in [-0.15, -0.1) is 0 Å². The lowest BCUT2D eigenvalue weighted by Gasteiger charge is -2.20. The number of nitrogens with zero attached hydrogens (tertiary/aromatic N) is 1. The van der Waals surface area contributed by atoms with Crippen LogP contribution in [0.5, 0.6) is 5.75 Å². The Morgan fingerprint density at radius 1 is 1.05 bits per heavy atom. The SMILES string of the molecule is COc1ccc(-c2ccc(C(C)(O)CC#N)cc2)cc1. The Bertz CT molecular complexity index is 607. The van der Waals surface area contributed by atoms with Crippen molar-refractivity contribution in [3.8, 4) is 22.9 Å². The van der Waals surface area contributed by atoms with E-state index in [1.807, 2.05) is 54.6 Å². The minimum Gasteiger partial charge on any atom is -0.497 e. The van der Waals surface area contributed by atoms with Crippen molar-refractivity contribution < 1.29 is 9.84 Å². The second-order valence-corrected chi connectivity index (χ2v) is 4.91. The molecule has 0 saturated carbocycles. The molecule has 102 valence electrons. The minimum absolute atomic E-state index is 0.0783. The van der Waals surface area contributed by atoms with Crippen molar-refractivity contribution in [1.29, 1.82) is 5.26 Å². The fourth-order valence-electron chi connectivity index (χ4n) is 2.06. The summed E-state index contributed by atoms with van der Waals surface area (Å²) in [5.74, 6) is 0.822. The molecule has 2 aromatic rings. The zero-order valence-corrected chi connectivity index (χ0v) is 11.6. The summed E-state index contributed by atoms with van der Waals surface area (Å²) in [5, 5.41) is 18.9. The van der Waals surface area contributed by atoms with Gasteiger partial charge in [0.25, 0.3) is 0 Å². The molecule has 20 heavy (non-hydrogen) atoms. The molecule has 2 rings (SSSR count). The number of methoxy groups -OCH3 is 1. The predicted molar refractivity (Wildman–Crippen MR) is 78.2 cm³/mol. The number of hydrogen-bond acceptors (Lipinski definition) is 3. The molecule has 1 N–H and O–H groups in total. The minimum atomic E-state index is -1.10. The topological polar surface area (TPSA) is 53.2 Å². The zero-order valence-electron chi connectivity index (χ0n) is 11.6. The first-order valence-corrected chi connectivity index (χ1v) is 6.41. The van der Waals surface area contributed by atoms with Crippen molar-refractivity contribution in [1.82, 2.24) is 0 Å². The molecule has 2 aromatic carbocycles. The molecule has 1 unspecified atom stereocenters. The van der Waals surface area contributed by atoms with Crippen LogP contribution in [-0.4, -0.2) is 12.2 Å². The van der Waals surface area contributed by atoms with E-state index >= 15 is 0 Å². The van der Waals surface area contributed by atoms with Crippen LogP contribution in [0.2, 0.25) is 0 Å². The van der Waals surface area contributed by atoms with E-state index in [1.165, 1.54) is 0 Å². The Hall–Kier alpha value is -2.31. The largest absolute Gasteiger partial charge is 0.497 e. The molecule has 0 bridgehead atoms. The van der Waals surface area contributed by atoms with E-state index < -0.39 is 5.60 Å². The van der Waals surface area contributed by atoms with E-state index in [1.54, 1.807) is 14.0 Å². The summed E-state index contributed by atoms with van der Waals surface area (Å²) in [6, 6.07) is 17.4. The first kappa shape index (κ1) is 14.1. The maximum absolute atomic E-state index is 10.2. The monoisotopic (exact) mass is 267 g/mol. The Morgan fingerprint density at radius 2 is 1.55 bits per heavy atom. The van der Waals surface area contributed by atoms with Gasteiger partial charge in [0.15, 0.2) is 0 Å². The molecule has 3 heteroatoms.